The fourth-order valence-corrected chi connectivity index (χ4v) is 2.82. The van der Waals surface area contributed by atoms with Crippen molar-refractivity contribution >= 4 is 28.2 Å². The first-order chi connectivity index (χ1) is 10.5. The molecule has 0 spiro atoms. The van der Waals surface area contributed by atoms with E-state index in [2.05, 4.69) is 12.2 Å². The van der Waals surface area contributed by atoms with Gasteiger partial charge in [-0.25, -0.2) is 4.79 Å². The molecule has 0 aliphatic carbocycles. The summed E-state index contributed by atoms with van der Waals surface area (Å²) in [6, 6.07) is 9.04. The average Bonchev–Trinajstić information content (AvgIpc) is 2.86. The highest BCUT2D eigenvalue weighted by Gasteiger charge is 2.16. The molecule has 0 unspecified atom stereocenters. The molecule has 1 heterocycles. The number of carboxylic acids is 1. The molecule has 5 nitrogen and oxygen atoms in total. The van der Waals surface area contributed by atoms with Crippen molar-refractivity contribution in [3.8, 4) is 5.75 Å². The van der Waals surface area contributed by atoms with E-state index in [9.17, 15) is 9.59 Å². The van der Waals surface area contributed by atoms with Crippen molar-refractivity contribution in [2.75, 3.05) is 11.9 Å². The number of carbonyl (C=O) groups is 2. The van der Waals surface area contributed by atoms with E-state index in [0.717, 1.165) is 11.3 Å². The molecule has 2 aromatic rings. The van der Waals surface area contributed by atoms with Crippen LogP contribution >= 0.6 is 11.3 Å². The zero-order chi connectivity index (χ0) is 16.1. The first-order valence-corrected chi connectivity index (χ1v) is 7.66. The Morgan fingerprint density at radius 3 is 2.55 bits per heavy atom. The first kappa shape index (κ1) is 16.0. The minimum Gasteiger partial charge on any atom is -0.484 e. The molecule has 1 aromatic heterocycles. The second-order valence-electron chi connectivity index (χ2n) is 4.74. The molecule has 2 rings (SSSR count). The molecule has 0 saturated heterocycles. The van der Waals surface area contributed by atoms with E-state index in [4.69, 9.17) is 9.84 Å². The third-order valence-electron chi connectivity index (χ3n) is 3.04. The van der Waals surface area contributed by atoms with Gasteiger partial charge in [0.05, 0.1) is 5.56 Å². The number of anilines is 1. The lowest BCUT2D eigenvalue weighted by Gasteiger charge is -2.07. The smallest absolute Gasteiger partial charge is 0.338 e. The molecule has 22 heavy (non-hydrogen) atoms. The van der Waals surface area contributed by atoms with Crippen molar-refractivity contribution in [1.82, 2.24) is 0 Å². The number of rotatable bonds is 6. The number of ether oxygens (including phenoxy) is 1. The van der Waals surface area contributed by atoms with Crippen molar-refractivity contribution in [3.05, 3.63) is 46.3 Å². The molecule has 0 radical (unpaired) electrons. The van der Waals surface area contributed by atoms with Crippen LogP contribution in [0.4, 0.5) is 5.00 Å². The van der Waals surface area contributed by atoms with Crippen LogP contribution in [0.25, 0.3) is 0 Å². The van der Waals surface area contributed by atoms with E-state index in [-0.39, 0.29) is 18.1 Å². The lowest BCUT2D eigenvalue weighted by Crippen LogP contribution is -2.20. The Balaban J connectivity index is 1.94. The molecule has 0 atom stereocenters. The summed E-state index contributed by atoms with van der Waals surface area (Å²) in [6.07, 6.45) is 0.941. The summed E-state index contributed by atoms with van der Waals surface area (Å²) in [5, 5.41) is 12.0. The third-order valence-corrected chi connectivity index (χ3v) is 4.01. The third kappa shape index (κ3) is 4.08. The largest absolute Gasteiger partial charge is 0.484 e. The predicted molar refractivity (Wildman–Crippen MR) is 86.0 cm³/mol. The van der Waals surface area contributed by atoms with Gasteiger partial charge >= 0.3 is 5.97 Å². The number of benzene rings is 1. The van der Waals surface area contributed by atoms with Gasteiger partial charge in [0.15, 0.2) is 6.61 Å². The highest BCUT2D eigenvalue weighted by Crippen LogP contribution is 2.27. The summed E-state index contributed by atoms with van der Waals surface area (Å²) in [6.45, 7) is 3.69. The van der Waals surface area contributed by atoms with Crippen molar-refractivity contribution in [2.24, 2.45) is 0 Å². The summed E-state index contributed by atoms with van der Waals surface area (Å²) in [4.78, 5) is 23.8. The highest BCUT2D eigenvalue weighted by atomic mass is 32.1. The maximum atomic E-state index is 11.9. The molecule has 0 fully saturated rings. The summed E-state index contributed by atoms with van der Waals surface area (Å²) in [7, 11) is 0. The maximum absolute atomic E-state index is 11.9. The Morgan fingerprint density at radius 2 is 1.95 bits per heavy atom. The van der Waals surface area contributed by atoms with Crippen LogP contribution in [0, 0.1) is 6.92 Å². The van der Waals surface area contributed by atoms with E-state index in [1.807, 2.05) is 24.3 Å². The molecule has 0 aliphatic rings. The van der Waals surface area contributed by atoms with Gasteiger partial charge in [0.25, 0.3) is 5.91 Å². The predicted octanol–water partition coefficient (Wildman–Crippen LogP) is 3.33. The minimum absolute atomic E-state index is 0.100. The molecule has 2 N–H and O–H groups in total. The molecule has 0 saturated carbocycles. The molecular formula is C16H17NO4S. The van der Waals surface area contributed by atoms with Crippen LogP contribution in [0.5, 0.6) is 5.75 Å². The zero-order valence-corrected chi connectivity index (χ0v) is 13.2. The second kappa shape index (κ2) is 7.09. The van der Waals surface area contributed by atoms with Crippen LogP contribution in [0.2, 0.25) is 0 Å². The van der Waals surface area contributed by atoms with E-state index in [1.165, 1.54) is 23.0 Å². The number of carbonyl (C=O) groups excluding carboxylic acids is 1. The van der Waals surface area contributed by atoms with Crippen molar-refractivity contribution in [1.29, 1.82) is 0 Å². The first-order valence-electron chi connectivity index (χ1n) is 6.85. The Kier molecular flexibility index (Phi) is 5.16. The zero-order valence-electron chi connectivity index (χ0n) is 12.4. The fourth-order valence-electron chi connectivity index (χ4n) is 1.90. The summed E-state index contributed by atoms with van der Waals surface area (Å²) >= 11 is 1.23. The summed E-state index contributed by atoms with van der Waals surface area (Å²) < 4.78 is 5.39. The summed E-state index contributed by atoms with van der Waals surface area (Å²) in [5.41, 5.74) is 1.29. The van der Waals surface area contributed by atoms with Gasteiger partial charge < -0.3 is 15.2 Å². The quantitative estimate of drug-likeness (QED) is 0.856. The Hall–Kier alpha value is -2.34. The average molecular weight is 319 g/mol. The normalized spacial score (nSPS) is 10.3. The Labute approximate surface area is 132 Å². The minimum atomic E-state index is -1.06. The monoisotopic (exact) mass is 319 g/mol. The molecule has 1 aromatic carbocycles. The highest BCUT2D eigenvalue weighted by molar-refractivity contribution is 7.16. The second-order valence-corrected chi connectivity index (χ2v) is 6.00. The van der Waals surface area contributed by atoms with Crippen LogP contribution in [-0.4, -0.2) is 23.6 Å². The number of amides is 1. The molecule has 116 valence electrons. The number of nitrogens with one attached hydrogen (secondary N) is 1. The molecule has 1 amide bonds. The number of thiophene rings is 1. The van der Waals surface area contributed by atoms with Crippen molar-refractivity contribution in [2.45, 2.75) is 20.3 Å². The van der Waals surface area contributed by atoms with Gasteiger partial charge in [-0.2, -0.15) is 0 Å². The van der Waals surface area contributed by atoms with Crippen molar-refractivity contribution in [3.63, 3.8) is 0 Å². The van der Waals surface area contributed by atoms with E-state index < -0.39 is 5.97 Å². The lowest BCUT2D eigenvalue weighted by atomic mass is 10.2. The SMILES string of the molecule is CCc1ccc(OCC(=O)Nc2sc(C)cc2C(=O)O)cc1. The molecule has 0 aliphatic heterocycles. The van der Waals surface area contributed by atoms with Crippen molar-refractivity contribution < 1.29 is 19.4 Å². The standard InChI is InChI=1S/C16H17NO4S/c1-3-11-4-6-12(7-5-11)21-9-14(18)17-15-13(16(19)20)8-10(2)22-15/h4-8H,3,9H2,1-2H3,(H,17,18)(H,19,20). The molecule has 6 heteroatoms. The van der Waals surface area contributed by atoms with Crippen LogP contribution in [0.15, 0.2) is 30.3 Å². The molecule has 0 bridgehead atoms. The van der Waals surface area contributed by atoms with Crippen LogP contribution in [-0.2, 0) is 11.2 Å². The Bertz CT molecular complexity index is 676. The van der Waals surface area contributed by atoms with Gasteiger partial charge in [0, 0.05) is 4.88 Å². The Morgan fingerprint density at radius 1 is 1.27 bits per heavy atom. The van der Waals surface area contributed by atoms with E-state index in [1.54, 1.807) is 6.92 Å². The van der Waals surface area contributed by atoms with Gasteiger partial charge in [-0.05, 0) is 37.1 Å². The molecular weight excluding hydrogens is 302 g/mol. The van der Waals surface area contributed by atoms with Gasteiger partial charge in [0.2, 0.25) is 0 Å². The van der Waals surface area contributed by atoms with Gasteiger partial charge in [-0.1, -0.05) is 19.1 Å². The number of hydrogen-bond acceptors (Lipinski definition) is 4. The number of hydrogen-bond donors (Lipinski definition) is 2. The number of carboxylic acid groups (broad SMARTS) is 1. The van der Waals surface area contributed by atoms with E-state index >= 15 is 0 Å². The summed E-state index contributed by atoms with van der Waals surface area (Å²) in [5.74, 6) is -0.840. The number of aromatic carboxylic acids is 1. The topological polar surface area (TPSA) is 75.6 Å². The van der Waals surface area contributed by atoms with Crippen LogP contribution in [0.1, 0.15) is 27.7 Å². The fraction of sp³-hybridized carbons (Fsp3) is 0.250. The number of aryl methyl sites for hydroxylation is 2. The van der Waals surface area contributed by atoms with Crippen LogP contribution in [0.3, 0.4) is 0 Å². The van der Waals surface area contributed by atoms with Gasteiger partial charge in [-0.3, -0.25) is 4.79 Å². The maximum Gasteiger partial charge on any atom is 0.338 e. The van der Waals surface area contributed by atoms with Crippen LogP contribution < -0.4 is 10.1 Å². The lowest BCUT2D eigenvalue weighted by molar-refractivity contribution is -0.118. The van der Waals surface area contributed by atoms with Gasteiger partial charge in [-0.15, -0.1) is 11.3 Å². The van der Waals surface area contributed by atoms with Gasteiger partial charge in [0.1, 0.15) is 10.8 Å². The van der Waals surface area contributed by atoms with E-state index in [0.29, 0.717) is 10.8 Å².